The molecular formula is C14H20ClFN2O. The molecule has 0 saturated carbocycles. The quantitative estimate of drug-likeness (QED) is 0.925. The van der Waals surface area contributed by atoms with Crippen LogP contribution in [0.25, 0.3) is 0 Å². The van der Waals surface area contributed by atoms with E-state index in [0.717, 1.165) is 19.5 Å². The standard InChI is InChI=1S/C14H19FN2O.ClH/c1-10(12-5-3-4-6-13(12)15)17(2)14(18)11-7-8-16-9-11;/h3-6,10-11,16H,7-9H2,1-2H3;1H. The Morgan fingerprint density at radius 3 is 2.74 bits per heavy atom. The highest BCUT2D eigenvalue weighted by Gasteiger charge is 2.28. The van der Waals surface area contributed by atoms with Crippen molar-refractivity contribution in [3.8, 4) is 0 Å². The normalized spacial score (nSPS) is 19.6. The van der Waals surface area contributed by atoms with Crippen molar-refractivity contribution in [2.75, 3.05) is 20.1 Å². The van der Waals surface area contributed by atoms with Crippen LogP contribution in [0, 0.1) is 11.7 Å². The first-order valence-corrected chi connectivity index (χ1v) is 6.33. The molecule has 0 aliphatic carbocycles. The molecule has 0 aromatic heterocycles. The van der Waals surface area contributed by atoms with Crippen molar-refractivity contribution in [2.24, 2.45) is 5.92 Å². The third kappa shape index (κ3) is 3.45. The van der Waals surface area contributed by atoms with Crippen molar-refractivity contribution in [1.82, 2.24) is 10.2 Å². The van der Waals surface area contributed by atoms with Crippen molar-refractivity contribution in [2.45, 2.75) is 19.4 Å². The largest absolute Gasteiger partial charge is 0.339 e. The summed E-state index contributed by atoms with van der Waals surface area (Å²) in [4.78, 5) is 13.9. The molecule has 3 nitrogen and oxygen atoms in total. The van der Waals surface area contributed by atoms with E-state index in [2.05, 4.69) is 5.32 Å². The number of hydrogen-bond donors (Lipinski definition) is 1. The molecule has 0 bridgehead atoms. The van der Waals surface area contributed by atoms with Crippen LogP contribution < -0.4 is 5.32 Å². The van der Waals surface area contributed by atoms with E-state index in [4.69, 9.17) is 0 Å². The van der Waals surface area contributed by atoms with Gasteiger partial charge in [-0.1, -0.05) is 18.2 Å². The smallest absolute Gasteiger partial charge is 0.227 e. The van der Waals surface area contributed by atoms with Gasteiger partial charge < -0.3 is 10.2 Å². The SMILES string of the molecule is CC(c1ccccc1F)N(C)C(=O)C1CCNC1.Cl. The maximum Gasteiger partial charge on any atom is 0.227 e. The molecule has 1 aromatic rings. The Morgan fingerprint density at radius 1 is 1.47 bits per heavy atom. The minimum atomic E-state index is -0.255. The summed E-state index contributed by atoms with van der Waals surface area (Å²) in [6.07, 6.45) is 0.868. The fourth-order valence-electron chi connectivity index (χ4n) is 2.37. The lowest BCUT2D eigenvalue weighted by Gasteiger charge is -2.28. The van der Waals surface area contributed by atoms with Gasteiger partial charge in [-0.05, 0) is 26.0 Å². The predicted octanol–water partition coefficient (Wildman–Crippen LogP) is 2.38. The third-order valence-corrected chi connectivity index (χ3v) is 3.69. The number of nitrogens with one attached hydrogen (secondary N) is 1. The Bertz CT molecular complexity index is 435. The first-order chi connectivity index (χ1) is 8.61. The molecule has 1 N–H and O–H groups in total. The van der Waals surface area contributed by atoms with Gasteiger partial charge in [-0.3, -0.25) is 4.79 Å². The Labute approximate surface area is 119 Å². The highest BCUT2D eigenvalue weighted by molar-refractivity contribution is 5.85. The van der Waals surface area contributed by atoms with E-state index in [1.165, 1.54) is 6.07 Å². The number of rotatable bonds is 3. The summed E-state index contributed by atoms with van der Waals surface area (Å²) in [6, 6.07) is 6.38. The summed E-state index contributed by atoms with van der Waals surface area (Å²) in [6.45, 7) is 3.48. The van der Waals surface area contributed by atoms with E-state index in [9.17, 15) is 9.18 Å². The van der Waals surface area contributed by atoms with Crippen molar-refractivity contribution >= 4 is 18.3 Å². The van der Waals surface area contributed by atoms with Crippen LogP contribution in [-0.4, -0.2) is 30.9 Å². The lowest BCUT2D eigenvalue weighted by atomic mass is 10.0. The van der Waals surface area contributed by atoms with Crippen molar-refractivity contribution < 1.29 is 9.18 Å². The Kier molecular flexibility index (Phi) is 5.76. The zero-order chi connectivity index (χ0) is 13.1. The zero-order valence-corrected chi connectivity index (χ0v) is 12.0. The third-order valence-electron chi connectivity index (χ3n) is 3.69. The second-order valence-corrected chi connectivity index (χ2v) is 4.84. The molecule has 2 unspecified atom stereocenters. The summed E-state index contributed by atoms with van der Waals surface area (Å²) in [5, 5.41) is 3.18. The minimum absolute atomic E-state index is 0. The van der Waals surface area contributed by atoms with E-state index in [1.54, 1.807) is 30.1 Å². The van der Waals surface area contributed by atoms with Gasteiger partial charge >= 0.3 is 0 Å². The maximum atomic E-state index is 13.7. The van der Waals surface area contributed by atoms with Crippen LogP contribution in [0.15, 0.2) is 24.3 Å². The zero-order valence-electron chi connectivity index (χ0n) is 11.2. The van der Waals surface area contributed by atoms with Gasteiger partial charge in [-0.2, -0.15) is 0 Å². The molecule has 0 radical (unpaired) electrons. The van der Waals surface area contributed by atoms with E-state index < -0.39 is 0 Å². The van der Waals surface area contributed by atoms with E-state index in [0.29, 0.717) is 5.56 Å². The van der Waals surface area contributed by atoms with Crippen LogP contribution in [0.1, 0.15) is 24.9 Å². The van der Waals surface area contributed by atoms with E-state index >= 15 is 0 Å². The van der Waals surface area contributed by atoms with Gasteiger partial charge in [0.25, 0.3) is 0 Å². The maximum absolute atomic E-state index is 13.7. The Hall–Kier alpha value is -1.13. The van der Waals surface area contributed by atoms with Gasteiger partial charge in [0.1, 0.15) is 5.82 Å². The first-order valence-electron chi connectivity index (χ1n) is 6.33. The lowest BCUT2D eigenvalue weighted by Crippen LogP contribution is -2.36. The summed E-state index contributed by atoms with van der Waals surface area (Å²) >= 11 is 0. The van der Waals surface area contributed by atoms with E-state index in [1.807, 2.05) is 6.92 Å². The molecule has 1 aromatic carbocycles. The summed E-state index contributed by atoms with van der Waals surface area (Å²) in [5.74, 6) is -0.130. The molecule has 1 aliphatic heterocycles. The average Bonchev–Trinajstić information content (AvgIpc) is 2.90. The van der Waals surface area contributed by atoms with Crippen LogP contribution >= 0.6 is 12.4 Å². The fraction of sp³-hybridized carbons (Fsp3) is 0.500. The average molecular weight is 287 g/mol. The van der Waals surface area contributed by atoms with Crippen molar-refractivity contribution in [3.63, 3.8) is 0 Å². The lowest BCUT2D eigenvalue weighted by molar-refractivity contribution is -0.135. The number of amides is 1. The van der Waals surface area contributed by atoms with Gasteiger partial charge in [0.2, 0.25) is 5.91 Å². The minimum Gasteiger partial charge on any atom is -0.339 e. The predicted molar refractivity (Wildman–Crippen MR) is 75.8 cm³/mol. The second kappa shape index (κ2) is 6.87. The molecule has 1 amide bonds. The summed E-state index contributed by atoms with van der Waals surface area (Å²) < 4.78 is 13.7. The van der Waals surface area contributed by atoms with Gasteiger partial charge in [0, 0.05) is 19.2 Å². The molecule has 0 spiro atoms. The van der Waals surface area contributed by atoms with Crippen molar-refractivity contribution in [3.05, 3.63) is 35.6 Å². The first kappa shape index (κ1) is 15.9. The van der Waals surface area contributed by atoms with Gasteiger partial charge in [-0.25, -0.2) is 4.39 Å². The molecular weight excluding hydrogens is 267 g/mol. The molecule has 1 fully saturated rings. The molecule has 106 valence electrons. The van der Waals surface area contributed by atoms with Gasteiger partial charge in [0.05, 0.1) is 12.0 Å². The number of carbonyl (C=O) groups is 1. The molecule has 2 rings (SSSR count). The molecule has 1 saturated heterocycles. The van der Waals surface area contributed by atoms with Crippen LogP contribution in [0.3, 0.4) is 0 Å². The van der Waals surface area contributed by atoms with Crippen LogP contribution in [-0.2, 0) is 4.79 Å². The molecule has 19 heavy (non-hydrogen) atoms. The van der Waals surface area contributed by atoms with Crippen LogP contribution in [0.5, 0.6) is 0 Å². The fourth-order valence-corrected chi connectivity index (χ4v) is 2.37. The van der Waals surface area contributed by atoms with E-state index in [-0.39, 0.29) is 36.1 Å². The highest BCUT2D eigenvalue weighted by Crippen LogP contribution is 2.24. The number of nitrogens with zero attached hydrogens (tertiary/aromatic N) is 1. The molecule has 1 heterocycles. The highest BCUT2D eigenvalue weighted by atomic mass is 35.5. The Morgan fingerprint density at radius 2 is 2.16 bits per heavy atom. The Balaban J connectivity index is 0.00000180. The summed E-state index contributed by atoms with van der Waals surface area (Å²) in [7, 11) is 1.75. The number of benzene rings is 1. The summed E-state index contributed by atoms with van der Waals surface area (Å²) in [5.41, 5.74) is 0.569. The van der Waals surface area contributed by atoms with Crippen LogP contribution in [0.2, 0.25) is 0 Å². The van der Waals surface area contributed by atoms with Gasteiger partial charge in [-0.15, -0.1) is 12.4 Å². The molecule has 2 atom stereocenters. The molecule has 5 heteroatoms. The second-order valence-electron chi connectivity index (χ2n) is 4.84. The number of carbonyl (C=O) groups excluding carboxylic acids is 1. The van der Waals surface area contributed by atoms with Crippen LogP contribution in [0.4, 0.5) is 4.39 Å². The topological polar surface area (TPSA) is 32.3 Å². The molecule has 1 aliphatic rings. The number of hydrogen-bond acceptors (Lipinski definition) is 2. The monoisotopic (exact) mass is 286 g/mol. The van der Waals surface area contributed by atoms with Gasteiger partial charge in [0.15, 0.2) is 0 Å². The van der Waals surface area contributed by atoms with Crippen molar-refractivity contribution in [1.29, 1.82) is 0 Å². The number of halogens is 2.